The molecule has 8 heteroatoms. The fourth-order valence-electron chi connectivity index (χ4n) is 4.21. The lowest BCUT2D eigenvalue weighted by Gasteiger charge is -2.25. The molecule has 0 saturated heterocycles. The van der Waals surface area contributed by atoms with E-state index in [1.54, 1.807) is 0 Å². The summed E-state index contributed by atoms with van der Waals surface area (Å²) in [5.74, 6) is 0.0980. The van der Waals surface area contributed by atoms with E-state index >= 15 is 0 Å². The number of carbonyl (C=O) groups excluding carboxylic acids is 1. The van der Waals surface area contributed by atoms with Gasteiger partial charge in [-0.3, -0.25) is 9.48 Å². The minimum Gasteiger partial charge on any atom is -0.415 e. The minimum atomic E-state index is -1.44. The predicted octanol–water partition coefficient (Wildman–Crippen LogP) is 6.36. The van der Waals surface area contributed by atoms with Gasteiger partial charge >= 0.3 is 0 Å². The fourth-order valence-corrected chi connectivity index (χ4v) is 6.71. The van der Waals surface area contributed by atoms with Gasteiger partial charge in [-0.15, -0.1) is 5.10 Å². The molecule has 1 aromatic heterocycles. The van der Waals surface area contributed by atoms with Crippen molar-refractivity contribution in [2.45, 2.75) is 130 Å². The van der Waals surface area contributed by atoms with E-state index < -0.39 is 8.32 Å². The third kappa shape index (κ3) is 18.8. The number of nitrogens with zero attached hydrogens (tertiary/aromatic N) is 3. The topological polar surface area (TPSA) is 75.5 Å². The summed E-state index contributed by atoms with van der Waals surface area (Å²) in [6.45, 7) is 13.9. The zero-order valence-electron chi connectivity index (χ0n) is 23.4. The molecule has 0 fully saturated rings. The van der Waals surface area contributed by atoms with Gasteiger partial charge in [-0.2, -0.15) is 0 Å². The van der Waals surface area contributed by atoms with Crippen LogP contribution in [0.1, 0.15) is 97.1 Å². The molecule has 35 heavy (non-hydrogen) atoms. The molecule has 1 heterocycles. The van der Waals surface area contributed by atoms with Gasteiger partial charge in [0.15, 0.2) is 14.1 Å². The van der Waals surface area contributed by atoms with Crippen molar-refractivity contribution in [3.05, 3.63) is 11.9 Å². The summed E-state index contributed by atoms with van der Waals surface area (Å²) in [6, 6.07) is 1.29. The highest BCUT2D eigenvalue weighted by atomic mass is 28.4. The SMILES string of the molecule is CCCOCCOCC(=O)CCc1cn(CCCCCCCCCCC[Si](C)(C)OC(C)C)nn1. The smallest absolute Gasteiger partial charge is 0.187 e. The van der Waals surface area contributed by atoms with Crippen LogP contribution in [0.5, 0.6) is 0 Å². The van der Waals surface area contributed by atoms with Gasteiger partial charge < -0.3 is 13.9 Å². The van der Waals surface area contributed by atoms with Gasteiger partial charge in [-0.1, -0.05) is 63.5 Å². The van der Waals surface area contributed by atoms with Crippen molar-refractivity contribution in [1.82, 2.24) is 15.0 Å². The van der Waals surface area contributed by atoms with Gasteiger partial charge in [0.1, 0.15) is 6.61 Å². The molecule has 0 atom stereocenters. The Bertz CT molecular complexity index is 652. The first-order chi connectivity index (χ1) is 16.8. The molecule has 0 saturated carbocycles. The number of hydrogen-bond donors (Lipinski definition) is 0. The van der Waals surface area contributed by atoms with Gasteiger partial charge in [0, 0.05) is 38.3 Å². The van der Waals surface area contributed by atoms with Gasteiger partial charge in [0.25, 0.3) is 0 Å². The molecule has 0 bridgehead atoms. The van der Waals surface area contributed by atoms with E-state index in [0.29, 0.717) is 32.2 Å². The first-order valence-electron chi connectivity index (χ1n) is 14.1. The second kappa shape index (κ2) is 20.0. The number of aryl methyl sites for hydroxylation is 2. The van der Waals surface area contributed by atoms with Gasteiger partial charge in [0.05, 0.1) is 18.9 Å². The molecular weight excluding hydrogens is 458 g/mol. The summed E-state index contributed by atoms with van der Waals surface area (Å²) >= 11 is 0. The van der Waals surface area contributed by atoms with Gasteiger partial charge in [-0.25, -0.2) is 0 Å². The Hall–Kier alpha value is -1.09. The summed E-state index contributed by atoms with van der Waals surface area (Å²) < 4.78 is 18.7. The Morgan fingerprint density at radius 2 is 1.57 bits per heavy atom. The molecule has 0 aliphatic heterocycles. The first-order valence-corrected chi connectivity index (χ1v) is 17.2. The Morgan fingerprint density at radius 1 is 0.943 bits per heavy atom. The molecule has 7 nitrogen and oxygen atoms in total. The third-order valence-corrected chi connectivity index (χ3v) is 8.62. The first kappa shape index (κ1) is 31.9. The number of rotatable bonds is 24. The van der Waals surface area contributed by atoms with E-state index in [2.05, 4.69) is 44.2 Å². The molecule has 0 aliphatic carbocycles. The van der Waals surface area contributed by atoms with Gasteiger partial charge in [0.2, 0.25) is 0 Å². The zero-order valence-corrected chi connectivity index (χ0v) is 24.4. The standard InChI is InChI=1S/C27H53N3O4Si/c1-6-19-32-20-21-33-24-27(31)17-16-26-23-30(29-28-26)18-14-12-10-8-7-9-11-13-15-22-35(4,5)34-25(2)3/h23,25H,6-22,24H2,1-5H3. The van der Waals surface area contributed by atoms with Crippen LogP contribution in [-0.4, -0.2) is 61.6 Å². The van der Waals surface area contributed by atoms with Crippen LogP contribution < -0.4 is 0 Å². The molecule has 1 rings (SSSR count). The highest BCUT2D eigenvalue weighted by Gasteiger charge is 2.22. The van der Waals surface area contributed by atoms with Crippen molar-refractivity contribution in [1.29, 1.82) is 0 Å². The quantitative estimate of drug-likeness (QED) is 0.119. The van der Waals surface area contributed by atoms with Crippen LogP contribution in [-0.2, 0) is 31.7 Å². The summed E-state index contributed by atoms with van der Waals surface area (Å²) in [6.07, 6.45) is 16.1. The van der Waals surface area contributed by atoms with Crippen LogP contribution in [0.15, 0.2) is 6.20 Å². The fraction of sp³-hybridized carbons (Fsp3) is 0.889. The van der Waals surface area contributed by atoms with Crippen LogP contribution >= 0.6 is 0 Å². The molecule has 0 radical (unpaired) electrons. The Morgan fingerprint density at radius 3 is 2.23 bits per heavy atom. The number of unbranched alkanes of at least 4 members (excludes halogenated alkanes) is 8. The molecule has 1 aromatic rings. The molecular formula is C27H53N3O4Si. The Kier molecular flexibility index (Phi) is 18.3. The summed E-state index contributed by atoms with van der Waals surface area (Å²) in [5.41, 5.74) is 0.881. The largest absolute Gasteiger partial charge is 0.415 e. The van der Waals surface area contributed by atoms with Crippen molar-refractivity contribution in [3.8, 4) is 0 Å². The normalized spacial score (nSPS) is 12.1. The van der Waals surface area contributed by atoms with Crippen LogP contribution in [0.2, 0.25) is 19.1 Å². The minimum absolute atomic E-state index is 0.0980. The van der Waals surface area contributed by atoms with E-state index in [0.717, 1.165) is 31.7 Å². The lowest BCUT2D eigenvalue weighted by molar-refractivity contribution is -0.124. The van der Waals surface area contributed by atoms with Crippen molar-refractivity contribution in [3.63, 3.8) is 0 Å². The maximum absolute atomic E-state index is 11.9. The van der Waals surface area contributed by atoms with E-state index in [4.69, 9.17) is 13.9 Å². The average Bonchev–Trinajstić information content (AvgIpc) is 3.25. The number of hydrogen-bond acceptors (Lipinski definition) is 6. The van der Waals surface area contributed by atoms with Crippen LogP contribution in [0.25, 0.3) is 0 Å². The molecule has 0 N–H and O–H groups in total. The second-order valence-corrected chi connectivity index (χ2v) is 14.8. The maximum atomic E-state index is 11.9. The number of ketones is 1. The molecule has 0 aliphatic rings. The second-order valence-electron chi connectivity index (χ2n) is 10.5. The van der Waals surface area contributed by atoms with E-state index in [1.165, 1.54) is 57.4 Å². The van der Waals surface area contributed by atoms with Crippen LogP contribution in [0, 0.1) is 0 Å². The maximum Gasteiger partial charge on any atom is 0.187 e. The number of aromatic nitrogens is 3. The summed E-state index contributed by atoms with van der Waals surface area (Å²) in [7, 11) is -1.44. The summed E-state index contributed by atoms with van der Waals surface area (Å²) in [5, 5.41) is 8.41. The predicted molar refractivity (Wildman–Crippen MR) is 145 cm³/mol. The van der Waals surface area contributed by atoms with Crippen LogP contribution in [0.3, 0.4) is 0 Å². The molecule has 204 valence electrons. The number of ether oxygens (including phenoxy) is 2. The van der Waals surface area contributed by atoms with Crippen molar-refractivity contribution < 1.29 is 18.7 Å². The number of Topliss-reactive ketones (excluding diaryl/α,β-unsaturated/α-hetero) is 1. The molecule has 0 spiro atoms. The number of carbonyl (C=O) groups is 1. The molecule has 0 aromatic carbocycles. The average molecular weight is 512 g/mol. The van der Waals surface area contributed by atoms with Crippen LogP contribution in [0.4, 0.5) is 0 Å². The summed E-state index contributed by atoms with van der Waals surface area (Å²) in [4.78, 5) is 11.9. The third-order valence-electron chi connectivity index (χ3n) is 5.95. The lowest BCUT2D eigenvalue weighted by atomic mass is 10.1. The highest BCUT2D eigenvalue weighted by Crippen LogP contribution is 2.19. The lowest BCUT2D eigenvalue weighted by Crippen LogP contribution is -2.33. The monoisotopic (exact) mass is 511 g/mol. The highest BCUT2D eigenvalue weighted by molar-refractivity contribution is 6.71. The van der Waals surface area contributed by atoms with Crippen molar-refractivity contribution in [2.75, 3.05) is 26.4 Å². The Labute approximate surface area is 215 Å². The Balaban J connectivity index is 1.95. The molecule has 0 amide bonds. The van der Waals surface area contributed by atoms with Crippen molar-refractivity contribution in [2.24, 2.45) is 0 Å². The van der Waals surface area contributed by atoms with Gasteiger partial charge in [-0.05, 0) is 45.8 Å². The van der Waals surface area contributed by atoms with E-state index in [9.17, 15) is 4.79 Å². The molecule has 0 unspecified atom stereocenters. The van der Waals surface area contributed by atoms with Crippen molar-refractivity contribution >= 4 is 14.1 Å². The zero-order chi connectivity index (χ0) is 25.8. The van der Waals surface area contributed by atoms with E-state index in [-0.39, 0.29) is 12.4 Å². The van der Waals surface area contributed by atoms with E-state index in [1.807, 2.05) is 10.9 Å².